The maximum Gasteiger partial charge on any atom is 0.344 e. The molecule has 0 aromatic heterocycles. The summed E-state index contributed by atoms with van der Waals surface area (Å²) in [5.41, 5.74) is 1.17. The highest BCUT2D eigenvalue weighted by molar-refractivity contribution is 14.1. The van der Waals surface area contributed by atoms with Crippen LogP contribution in [0.5, 0.6) is 5.75 Å². The molecular formula is C17H16IO5S-. The van der Waals surface area contributed by atoms with Crippen molar-refractivity contribution in [2.24, 2.45) is 0 Å². The molecule has 0 fully saturated rings. The van der Waals surface area contributed by atoms with Gasteiger partial charge in [0.2, 0.25) is 0 Å². The van der Waals surface area contributed by atoms with Gasteiger partial charge in [-0.3, -0.25) is 0 Å². The number of ether oxygens (including phenoxy) is 1. The highest BCUT2D eigenvalue weighted by Crippen LogP contribution is 2.31. The van der Waals surface area contributed by atoms with E-state index in [1.165, 1.54) is 12.1 Å². The molecule has 2 aromatic rings. The van der Waals surface area contributed by atoms with Gasteiger partial charge in [0.25, 0.3) is 0 Å². The number of hydrogen-bond donors (Lipinski definition) is 0. The number of aryl methyl sites for hydroxylation is 1. The fourth-order valence-electron chi connectivity index (χ4n) is 2.24. The third kappa shape index (κ3) is 4.14. The first-order valence-corrected chi connectivity index (χ1v) is 9.67. The summed E-state index contributed by atoms with van der Waals surface area (Å²) >= 11 is 2.04. The number of carbonyl (C=O) groups is 1. The minimum absolute atomic E-state index is 0.210. The Labute approximate surface area is 154 Å². The number of hydrogen-bond acceptors (Lipinski definition) is 5. The van der Waals surface area contributed by atoms with Gasteiger partial charge >= 0.3 is 5.97 Å². The van der Waals surface area contributed by atoms with E-state index in [-0.39, 0.29) is 16.6 Å². The molecule has 0 aliphatic carbocycles. The standard InChI is InChI=1S/C17H17IO5S/c1-10(2)13-9-15(11(3)8-16(13)24(20,21)22)23-17(19)12-6-4-5-7-14(12)18/h4-10H,1-3H3,(H,20,21,22)/p-1. The lowest BCUT2D eigenvalue weighted by Gasteiger charge is -2.19. The summed E-state index contributed by atoms with van der Waals surface area (Å²) in [4.78, 5) is 12.1. The molecule has 0 unspecified atom stereocenters. The average molecular weight is 459 g/mol. The Morgan fingerprint density at radius 2 is 1.83 bits per heavy atom. The number of esters is 1. The number of benzene rings is 2. The van der Waals surface area contributed by atoms with E-state index < -0.39 is 16.1 Å². The molecular weight excluding hydrogens is 443 g/mol. The van der Waals surface area contributed by atoms with Gasteiger partial charge < -0.3 is 9.29 Å². The smallest absolute Gasteiger partial charge is 0.344 e. The zero-order valence-corrected chi connectivity index (χ0v) is 16.3. The van der Waals surface area contributed by atoms with Gasteiger partial charge in [0, 0.05) is 3.57 Å². The zero-order chi connectivity index (χ0) is 18.1. The third-order valence-corrected chi connectivity index (χ3v) is 5.33. The minimum Gasteiger partial charge on any atom is -0.744 e. The molecule has 2 aromatic carbocycles. The summed E-state index contributed by atoms with van der Waals surface area (Å²) < 4.78 is 40.5. The number of carbonyl (C=O) groups excluding carboxylic acids is 1. The van der Waals surface area contributed by atoms with E-state index in [1.54, 1.807) is 39.0 Å². The Hall–Kier alpha value is -1.45. The zero-order valence-electron chi connectivity index (χ0n) is 13.4. The monoisotopic (exact) mass is 459 g/mol. The lowest BCUT2D eigenvalue weighted by molar-refractivity contribution is 0.0732. The van der Waals surface area contributed by atoms with E-state index in [4.69, 9.17) is 4.74 Å². The van der Waals surface area contributed by atoms with Crippen molar-refractivity contribution in [2.75, 3.05) is 0 Å². The molecule has 0 saturated carbocycles. The quantitative estimate of drug-likeness (QED) is 0.300. The summed E-state index contributed by atoms with van der Waals surface area (Å²) in [6.45, 7) is 5.13. The van der Waals surface area contributed by atoms with Crippen LogP contribution in [0.15, 0.2) is 41.3 Å². The summed E-state index contributed by atoms with van der Waals surface area (Å²) in [6.07, 6.45) is 0. The molecule has 24 heavy (non-hydrogen) atoms. The van der Waals surface area contributed by atoms with E-state index in [9.17, 15) is 17.8 Å². The Balaban J connectivity index is 2.47. The molecule has 2 rings (SSSR count). The molecule has 0 aliphatic heterocycles. The van der Waals surface area contributed by atoms with Crippen molar-refractivity contribution in [3.05, 3.63) is 56.7 Å². The maximum absolute atomic E-state index is 12.3. The largest absolute Gasteiger partial charge is 0.744 e. The molecule has 0 atom stereocenters. The molecule has 0 heterocycles. The lowest BCUT2D eigenvalue weighted by Crippen LogP contribution is -2.12. The van der Waals surface area contributed by atoms with Crippen molar-refractivity contribution in [1.82, 2.24) is 0 Å². The van der Waals surface area contributed by atoms with Crippen molar-refractivity contribution >= 4 is 38.7 Å². The van der Waals surface area contributed by atoms with Gasteiger partial charge in [-0.05, 0) is 70.8 Å². The van der Waals surface area contributed by atoms with Crippen LogP contribution in [0.1, 0.15) is 41.3 Å². The summed E-state index contributed by atoms with van der Waals surface area (Å²) in [5, 5.41) is 0. The van der Waals surface area contributed by atoms with Gasteiger partial charge in [-0.25, -0.2) is 13.2 Å². The second-order valence-corrected chi connectivity index (χ2v) is 8.14. The third-order valence-electron chi connectivity index (χ3n) is 3.50. The molecule has 0 aliphatic rings. The van der Waals surface area contributed by atoms with Crippen LogP contribution in [0.2, 0.25) is 0 Å². The first-order valence-electron chi connectivity index (χ1n) is 7.18. The predicted molar refractivity (Wildman–Crippen MR) is 97.3 cm³/mol. The fourth-order valence-corrected chi connectivity index (χ4v) is 3.75. The molecule has 0 radical (unpaired) electrons. The van der Waals surface area contributed by atoms with Crippen LogP contribution in [0.4, 0.5) is 0 Å². The lowest BCUT2D eigenvalue weighted by atomic mass is 10.0. The fraction of sp³-hybridized carbons (Fsp3) is 0.235. The molecule has 0 spiro atoms. The first-order chi connectivity index (χ1) is 11.1. The van der Waals surface area contributed by atoms with Crippen molar-refractivity contribution in [1.29, 1.82) is 0 Å². The Kier molecular flexibility index (Phi) is 5.67. The summed E-state index contributed by atoms with van der Waals surface area (Å²) in [7, 11) is -4.60. The second kappa shape index (κ2) is 7.20. The van der Waals surface area contributed by atoms with Crippen LogP contribution in [0, 0.1) is 10.5 Å². The van der Waals surface area contributed by atoms with Crippen LogP contribution >= 0.6 is 22.6 Å². The molecule has 0 bridgehead atoms. The molecule has 5 nitrogen and oxygen atoms in total. The number of rotatable bonds is 4. The SMILES string of the molecule is Cc1cc(S(=O)(=O)[O-])c(C(C)C)cc1OC(=O)c1ccccc1I. The molecule has 0 N–H and O–H groups in total. The average Bonchev–Trinajstić information content (AvgIpc) is 2.48. The van der Waals surface area contributed by atoms with Crippen molar-refractivity contribution in [3.63, 3.8) is 0 Å². The maximum atomic E-state index is 12.3. The predicted octanol–water partition coefficient (Wildman–Crippen LogP) is 3.85. The molecule has 0 amide bonds. The highest BCUT2D eigenvalue weighted by atomic mass is 127. The normalized spacial score (nSPS) is 11.6. The van der Waals surface area contributed by atoms with E-state index in [0.717, 1.165) is 3.57 Å². The van der Waals surface area contributed by atoms with E-state index in [2.05, 4.69) is 0 Å². The number of halogens is 1. The van der Waals surface area contributed by atoms with Gasteiger partial charge in [-0.15, -0.1) is 0 Å². The highest BCUT2D eigenvalue weighted by Gasteiger charge is 2.18. The topological polar surface area (TPSA) is 83.5 Å². The Bertz CT molecular complexity index is 888. The molecule has 7 heteroatoms. The van der Waals surface area contributed by atoms with Crippen LogP contribution in [-0.4, -0.2) is 18.9 Å². The first kappa shape index (κ1) is 18.9. The van der Waals surface area contributed by atoms with Crippen molar-refractivity contribution in [3.8, 4) is 5.75 Å². The van der Waals surface area contributed by atoms with E-state index in [1.807, 2.05) is 28.7 Å². The molecule has 128 valence electrons. The van der Waals surface area contributed by atoms with Crippen molar-refractivity contribution < 1.29 is 22.5 Å². The van der Waals surface area contributed by atoms with Gasteiger partial charge in [0.1, 0.15) is 15.9 Å². The van der Waals surface area contributed by atoms with Gasteiger partial charge in [0.05, 0.1) is 10.5 Å². The van der Waals surface area contributed by atoms with E-state index in [0.29, 0.717) is 16.7 Å². The van der Waals surface area contributed by atoms with Crippen LogP contribution in [0.3, 0.4) is 0 Å². The minimum atomic E-state index is -4.60. The summed E-state index contributed by atoms with van der Waals surface area (Å²) in [6, 6.07) is 9.71. The van der Waals surface area contributed by atoms with Gasteiger partial charge in [-0.2, -0.15) is 0 Å². The second-order valence-electron chi connectivity index (χ2n) is 5.63. The van der Waals surface area contributed by atoms with Gasteiger partial charge in [-0.1, -0.05) is 26.0 Å². The van der Waals surface area contributed by atoms with E-state index >= 15 is 0 Å². The van der Waals surface area contributed by atoms with Crippen LogP contribution in [0.25, 0.3) is 0 Å². The van der Waals surface area contributed by atoms with Gasteiger partial charge in [0.15, 0.2) is 0 Å². The Morgan fingerprint density at radius 1 is 1.21 bits per heavy atom. The summed E-state index contributed by atoms with van der Waals surface area (Å²) in [5.74, 6) is -0.495. The van der Waals surface area contributed by atoms with Crippen LogP contribution < -0.4 is 4.74 Å². The Morgan fingerprint density at radius 3 is 2.38 bits per heavy atom. The molecule has 0 saturated heterocycles. The van der Waals surface area contributed by atoms with Crippen LogP contribution in [-0.2, 0) is 10.1 Å². The van der Waals surface area contributed by atoms with Crippen molar-refractivity contribution in [2.45, 2.75) is 31.6 Å².